The topological polar surface area (TPSA) is 50.7 Å². The predicted molar refractivity (Wildman–Crippen MR) is 77.7 cm³/mol. The molecule has 3 rings (SSSR count). The standard InChI is InChI=1S/C14H18N4S/c1-2-11-9-17-13(19-11)6-8-15-12-5-7-16-14(18-12)10-3-4-10/h5,7,9-10H,2-4,6,8H2,1H3,(H,15,16,18). The van der Waals surface area contributed by atoms with Crippen LogP contribution in [-0.4, -0.2) is 21.5 Å². The minimum absolute atomic E-state index is 0.604. The van der Waals surface area contributed by atoms with Crippen molar-refractivity contribution in [2.24, 2.45) is 0 Å². The van der Waals surface area contributed by atoms with Gasteiger partial charge >= 0.3 is 0 Å². The van der Waals surface area contributed by atoms with Gasteiger partial charge in [0.2, 0.25) is 0 Å². The van der Waals surface area contributed by atoms with E-state index in [-0.39, 0.29) is 0 Å². The zero-order valence-corrected chi connectivity index (χ0v) is 11.9. The summed E-state index contributed by atoms with van der Waals surface area (Å²) in [6, 6.07) is 1.94. The minimum Gasteiger partial charge on any atom is -0.370 e. The summed E-state index contributed by atoms with van der Waals surface area (Å²) in [6.07, 6.45) is 8.33. The van der Waals surface area contributed by atoms with Crippen molar-refractivity contribution in [2.75, 3.05) is 11.9 Å². The zero-order valence-electron chi connectivity index (χ0n) is 11.1. The summed E-state index contributed by atoms with van der Waals surface area (Å²) in [6.45, 7) is 3.04. The predicted octanol–water partition coefficient (Wildman–Crippen LogP) is 3.03. The van der Waals surface area contributed by atoms with E-state index in [1.165, 1.54) is 22.7 Å². The molecule has 1 N–H and O–H groups in total. The summed E-state index contributed by atoms with van der Waals surface area (Å²) in [5.41, 5.74) is 0. The summed E-state index contributed by atoms with van der Waals surface area (Å²) in [7, 11) is 0. The van der Waals surface area contributed by atoms with Gasteiger partial charge in [0.1, 0.15) is 11.6 Å². The third-order valence-corrected chi connectivity index (χ3v) is 4.41. The van der Waals surface area contributed by atoms with Crippen molar-refractivity contribution < 1.29 is 0 Å². The molecule has 5 heteroatoms. The van der Waals surface area contributed by atoms with E-state index in [4.69, 9.17) is 0 Å². The molecule has 0 saturated heterocycles. The molecule has 0 unspecified atom stereocenters. The fourth-order valence-corrected chi connectivity index (χ4v) is 2.80. The van der Waals surface area contributed by atoms with Gasteiger partial charge in [0, 0.05) is 36.2 Å². The Morgan fingerprint density at radius 3 is 3.00 bits per heavy atom. The van der Waals surface area contributed by atoms with Gasteiger partial charge in [-0.05, 0) is 25.3 Å². The average Bonchev–Trinajstić information content (AvgIpc) is 3.19. The Kier molecular flexibility index (Phi) is 3.73. The number of nitrogens with one attached hydrogen (secondary N) is 1. The number of nitrogens with zero attached hydrogens (tertiary/aromatic N) is 3. The van der Waals surface area contributed by atoms with Crippen molar-refractivity contribution in [1.82, 2.24) is 15.0 Å². The quantitative estimate of drug-likeness (QED) is 0.879. The highest BCUT2D eigenvalue weighted by molar-refractivity contribution is 7.11. The summed E-state index contributed by atoms with van der Waals surface area (Å²) < 4.78 is 0. The molecule has 19 heavy (non-hydrogen) atoms. The number of aryl methyl sites for hydroxylation is 1. The second-order valence-corrected chi connectivity index (χ2v) is 6.02. The lowest BCUT2D eigenvalue weighted by Gasteiger charge is -2.05. The Morgan fingerprint density at radius 2 is 2.26 bits per heavy atom. The molecule has 0 bridgehead atoms. The van der Waals surface area contributed by atoms with Crippen molar-refractivity contribution in [1.29, 1.82) is 0 Å². The highest BCUT2D eigenvalue weighted by Crippen LogP contribution is 2.37. The van der Waals surface area contributed by atoms with E-state index in [1.807, 2.05) is 18.5 Å². The molecule has 0 spiro atoms. The molecule has 100 valence electrons. The van der Waals surface area contributed by atoms with E-state index in [2.05, 4.69) is 27.2 Å². The first-order chi connectivity index (χ1) is 9.35. The van der Waals surface area contributed by atoms with Crippen LogP contribution in [0.4, 0.5) is 5.82 Å². The van der Waals surface area contributed by atoms with Gasteiger partial charge in [-0.1, -0.05) is 6.92 Å². The van der Waals surface area contributed by atoms with Gasteiger partial charge in [-0.2, -0.15) is 0 Å². The Hall–Kier alpha value is -1.49. The van der Waals surface area contributed by atoms with Crippen molar-refractivity contribution >= 4 is 17.2 Å². The largest absolute Gasteiger partial charge is 0.370 e. The normalized spacial score (nSPS) is 14.6. The van der Waals surface area contributed by atoms with Gasteiger partial charge in [-0.25, -0.2) is 15.0 Å². The Bertz CT molecular complexity index is 548. The van der Waals surface area contributed by atoms with Crippen molar-refractivity contribution in [2.45, 2.75) is 38.5 Å². The average molecular weight is 274 g/mol. The number of hydrogen-bond donors (Lipinski definition) is 1. The molecule has 0 aromatic carbocycles. The summed E-state index contributed by atoms with van der Waals surface area (Å²) in [5, 5.41) is 4.55. The molecule has 1 saturated carbocycles. The van der Waals surface area contributed by atoms with Crippen molar-refractivity contribution in [3.8, 4) is 0 Å². The second kappa shape index (κ2) is 5.65. The smallest absolute Gasteiger partial charge is 0.133 e. The molecule has 2 heterocycles. The van der Waals surface area contributed by atoms with Gasteiger partial charge in [0.25, 0.3) is 0 Å². The number of anilines is 1. The molecule has 1 fully saturated rings. The van der Waals surface area contributed by atoms with Crippen LogP contribution in [0.25, 0.3) is 0 Å². The number of rotatable bonds is 6. The summed E-state index contributed by atoms with van der Waals surface area (Å²) in [5.74, 6) is 2.53. The van der Waals surface area contributed by atoms with Gasteiger partial charge in [0.15, 0.2) is 0 Å². The monoisotopic (exact) mass is 274 g/mol. The maximum Gasteiger partial charge on any atom is 0.133 e. The van der Waals surface area contributed by atoms with Crippen LogP contribution < -0.4 is 5.32 Å². The minimum atomic E-state index is 0.604. The Balaban J connectivity index is 1.52. The third kappa shape index (κ3) is 3.29. The third-order valence-electron chi connectivity index (χ3n) is 3.21. The lowest BCUT2D eigenvalue weighted by Crippen LogP contribution is -2.07. The molecule has 2 aromatic rings. The molecule has 0 radical (unpaired) electrons. The Labute approximate surface area is 117 Å². The van der Waals surface area contributed by atoms with E-state index in [1.54, 1.807) is 11.3 Å². The maximum absolute atomic E-state index is 4.55. The van der Waals surface area contributed by atoms with Crippen LogP contribution in [-0.2, 0) is 12.8 Å². The molecule has 1 aliphatic rings. The van der Waals surface area contributed by atoms with Crippen LogP contribution in [0.2, 0.25) is 0 Å². The van der Waals surface area contributed by atoms with E-state index in [0.717, 1.165) is 31.0 Å². The number of hydrogen-bond acceptors (Lipinski definition) is 5. The van der Waals surface area contributed by atoms with Gasteiger partial charge in [-0.3, -0.25) is 0 Å². The van der Waals surface area contributed by atoms with Gasteiger partial charge in [0.05, 0.1) is 5.01 Å². The first kappa shape index (κ1) is 12.5. The second-order valence-electron chi connectivity index (χ2n) is 4.82. The summed E-state index contributed by atoms with van der Waals surface area (Å²) >= 11 is 1.80. The van der Waals surface area contributed by atoms with E-state index in [0.29, 0.717) is 5.92 Å². The molecule has 4 nitrogen and oxygen atoms in total. The van der Waals surface area contributed by atoms with Crippen LogP contribution in [0.1, 0.15) is 41.4 Å². The first-order valence-corrected chi connectivity index (χ1v) is 7.67. The highest BCUT2D eigenvalue weighted by atomic mass is 32.1. The van der Waals surface area contributed by atoms with Crippen LogP contribution >= 0.6 is 11.3 Å². The van der Waals surface area contributed by atoms with Crippen LogP contribution in [0.15, 0.2) is 18.5 Å². The van der Waals surface area contributed by atoms with Gasteiger partial charge < -0.3 is 5.32 Å². The fraction of sp³-hybridized carbons (Fsp3) is 0.500. The van der Waals surface area contributed by atoms with Crippen LogP contribution in [0, 0.1) is 0 Å². The fourth-order valence-electron chi connectivity index (χ4n) is 1.94. The molecule has 0 aliphatic heterocycles. The summed E-state index contributed by atoms with van der Waals surface area (Å²) in [4.78, 5) is 14.6. The zero-order chi connectivity index (χ0) is 13.1. The maximum atomic E-state index is 4.55. The SMILES string of the molecule is CCc1cnc(CCNc2ccnc(C3CC3)n2)s1. The van der Waals surface area contributed by atoms with E-state index in [9.17, 15) is 0 Å². The number of thiazole rings is 1. The molecular weight excluding hydrogens is 256 g/mol. The molecule has 2 aromatic heterocycles. The molecular formula is C14H18N4S. The lowest BCUT2D eigenvalue weighted by molar-refractivity contribution is 0.913. The lowest BCUT2D eigenvalue weighted by atomic mass is 10.4. The van der Waals surface area contributed by atoms with Crippen molar-refractivity contribution in [3.63, 3.8) is 0 Å². The van der Waals surface area contributed by atoms with Crippen LogP contribution in [0.3, 0.4) is 0 Å². The van der Waals surface area contributed by atoms with Gasteiger partial charge in [-0.15, -0.1) is 11.3 Å². The molecule has 1 aliphatic carbocycles. The Morgan fingerprint density at radius 1 is 1.37 bits per heavy atom. The molecule has 0 amide bonds. The van der Waals surface area contributed by atoms with Crippen LogP contribution in [0.5, 0.6) is 0 Å². The molecule has 0 atom stereocenters. The first-order valence-electron chi connectivity index (χ1n) is 6.85. The van der Waals surface area contributed by atoms with Crippen molar-refractivity contribution in [3.05, 3.63) is 34.2 Å². The highest BCUT2D eigenvalue weighted by Gasteiger charge is 2.26. The van der Waals surface area contributed by atoms with E-state index < -0.39 is 0 Å². The van der Waals surface area contributed by atoms with E-state index >= 15 is 0 Å². The number of aromatic nitrogens is 3.